The standard InChI is InChI=1S/C17H21N3O3S2/c1-12-7-4-5-8-13(12)16(23)19-18-14(21)9-3-2-6-10-20-15(22)11-25-17(20)24/h4-5,7-8H,2-3,6,9-11H2,1H3,(H,18,21)(H,19,23). The molecule has 1 fully saturated rings. The van der Waals surface area contributed by atoms with Crippen molar-refractivity contribution in [3.05, 3.63) is 35.4 Å². The minimum Gasteiger partial charge on any atom is -0.297 e. The largest absolute Gasteiger partial charge is 0.297 e. The van der Waals surface area contributed by atoms with Gasteiger partial charge in [-0.1, -0.05) is 48.6 Å². The number of thioether (sulfide) groups is 1. The molecular weight excluding hydrogens is 358 g/mol. The smallest absolute Gasteiger partial charge is 0.269 e. The first kappa shape index (κ1) is 19.4. The highest BCUT2D eigenvalue weighted by Crippen LogP contribution is 2.19. The number of hydrazine groups is 1. The number of nitrogens with zero attached hydrogens (tertiary/aromatic N) is 1. The summed E-state index contributed by atoms with van der Waals surface area (Å²) < 4.78 is 0.640. The molecule has 0 atom stereocenters. The molecule has 0 radical (unpaired) electrons. The Bertz CT molecular complexity index is 663. The Labute approximate surface area is 156 Å². The average molecular weight is 380 g/mol. The predicted octanol–water partition coefficient (Wildman–Crippen LogP) is 2.18. The van der Waals surface area contributed by atoms with Crippen molar-refractivity contribution in [2.45, 2.75) is 32.6 Å². The van der Waals surface area contributed by atoms with E-state index >= 15 is 0 Å². The average Bonchev–Trinajstić information content (AvgIpc) is 2.91. The van der Waals surface area contributed by atoms with Crippen LogP contribution in [0.1, 0.15) is 41.6 Å². The number of carbonyl (C=O) groups is 3. The lowest BCUT2D eigenvalue weighted by Gasteiger charge is -2.14. The van der Waals surface area contributed by atoms with Gasteiger partial charge < -0.3 is 0 Å². The third-order valence-electron chi connectivity index (χ3n) is 3.83. The first-order chi connectivity index (χ1) is 12.0. The molecule has 0 spiro atoms. The Morgan fingerprint density at radius 2 is 1.96 bits per heavy atom. The molecule has 6 nitrogen and oxygen atoms in total. The Balaban J connectivity index is 1.60. The van der Waals surface area contributed by atoms with Gasteiger partial charge in [0, 0.05) is 18.5 Å². The van der Waals surface area contributed by atoms with Crippen LogP contribution in [0.4, 0.5) is 0 Å². The van der Waals surface area contributed by atoms with Crippen molar-refractivity contribution in [2.24, 2.45) is 0 Å². The van der Waals surface area contributed by atoms with E-state index in [1.807, 2.05) is 19.1 Å². The number of benzene rings is 1. The maximum absolute atomic E-state index is 12.0. The summed E-state index contributed by atoms with van der Waals surface area (Å²) >= 11 is 6.50. The number of hydrogen-bond acceptors (Lipinski definition) is 5. The van der Waals surface area contributed by atoms with E-state index in [9.17, 15) is 14.4 Å². The fourth-order valence-electron chi connectivity index (χ4n) is 2.41. The molecule has 1 aliphatic heterocycles. The normalized spacial score (nSPS) is 13.9. The van der Waals surface area contributed by atoms with Crippen LogP contribution < -0.4 is 10.9 Å². The Morgan fingerprint density at radius 3 is 2.64 bits per heavy atom. The van der Waals surface area contributed by atoms with Gasteiger partial charge in [0.2, 0.25) is 11.8 Å². The monoisotopic (exact) mass is 379 g/mol. The van der Waals surface area contributed by atoms with Crippen molar-refractivity contribution < 1.29 is 14.4 Å². The van der Waals surface area contributed by atoms with E-state index < -0.39 is 0 Å². The van der Waals surface area contributed by atoms with E-state index in [4.69, 9.17) is 12.2 Å². The molecule has 3 amide bonds. The van der Waals surface area contributed by atoms with Gasteiger partial charge in [-0.15, -0.1) is 0 Å². The SMILES string of the molecule is Cc1ccccc1C(=O)NNC(=O)CCCCCN1C(=O)CSC1=S. The zero-order valence-corrected chi connectivity index (χ0v) is 15.7. The van der Waals surface area contributed by atoms with Gasteiger partial charge in [-0.25, -0.2) is 0 Å². The van der Waals surface area contributed by atoms with Gasteiger partial charge in [0.1, 0.15) is 4.32 Å². The van der Waals surface area contributed by atoms with Crippen molar-refractivity contribution >= 4 is 46.0 Å². The highest BCUT2D eigenvalue weighted by molar-refractivity contribution is 8.23. The molecule has 1 saturated heterocycles. The lowest BCUT2D eigenvalue weighted by atomic mass is 10.1. The second-order valence-corrected chi connectivity index (χ2v) is 7.34. The molecule has 1 heterocycles. The number of unbranched alkanes of at least 4 members (excludes halogenated alkanes) is 2. The maximum Gasteiger partial charge on any atom is 0.269 e. The molecule has 0 aliphatic carbocycles. The number of hydrogen-bond donors (Lipinski definition) is 2. The second-order valence-electron chi connectivity index (χ2n) is 5.73. The fraction of sp³-hybridized carbons (Fsp3) is 0.412. The fourth-order valence-corrected chi connectivity index (χ4v) is 3.53. The zero-order chi connectivity index (χ0) is 18.2. The van der Waals surface area contributed by atoms with E-state index in [1.165, 1.54) is 11.8 Å². The van der Waals surface area contributed by atoms with E-state index in [-0.39, 0.29) is 17.7 Å². The van der Waals surface area contributed by atoms with Gasteiger partial charge in [-0.3, -0.25) is 30.1 Å². The highest BCUT2D eigenvalue weighted by atomic mass is 32.2. The van der Waals surface area contributed by atoms with Gasteiger partial charge in [0.25, 0.3) is 5.91 Å². The summed E-state index contributed by atoms with van der Waals surface area (Å²) in [4.78, 5) is 36.9. The predicted molar refractivity (Wildman–Crippen MR) is 102 cm³/mol. The maximum atomic E-state index is 12.0. The summed E-state index contributed by atoms with van der Waals surface area (Å²) in [6.45, 7) is 2.45. The van der Waals surface area contributed by atoms with Crippen LogP contribution in [0.2, 0.25) is 0 Å². The molecule has 2 rings (SSSR count). The van der Waals surface area contributed by atoms with Gasteiger partial charge in [0.15, 0.2) is 0 Å². The van der Waals surface area contributed by atoms with Crippen molar-refractivity contribution in [1.82, 2.24) is 15.8 Å². The van der Waals surface area contributed by atoms with E-state index in [2.05, 4.69) is 10.9 Å². The molecule has 0 unspecified atom stereocenters. The molecular formula is C17H21N3O3S2. The summed E-state index contributed by atoms with van der Waals surface area (Å²) in [7, 11) is 0. The van der Waals surface area contributed by atoms with Crippen LogP contribution in [0.3, 0.4) is 0 Å². The van der Waals surface area contributed by atoms with Gasteiger partial charge in [-0.05, 0) is 31.4 Å². The Kier molecular flexibility index (Phi) is 7.39. The van der Waals surface area contributed by atoms with Crippen LogP contribution in [0, 0.1) is 6.92 Å². The minimum atomic E-state index is -0.329. The Morgan fingerprint density at radius 1 is 1.20 bits per heavy atom. The molecule has 25 heavy (non-hydrogen) atoms. The Hall–Kier alpha value is -1.93. The number of aryl methyl sites for hydroxylation is 1. The first-order valence-corrected chi connectivity index (χ1v) is 9.50. The summed E-state index contributed by atoms with van der Waals surface area (Å²) in [6.07, 6.45) is 2.63. The first-order valence-electron chi connectivity index (χ1n) is 8.11. The number of thiocarbonyl (C=S) groups is 1. The second kappa shape index (κ2) is 9.53. The summed E-state index contributed by atoms with van der Waals surface area (Å²) in [5, 5.41) is 0. The molecule has 0 saturated carbocycles. The van der Waals surface area contributed by atoms with E-state index in [0.717, 1.165) is 18.4 Å². The molecule has 1 aromatic carbocycles. The van der Waals surface area contributed by atoms with Crippen molar-refractivity contribution in [3.8, 4) is 0 Å². The lowest BCUT2D eigenvalue weighted by molar-refractivity contribution is -0.124. The number of rotatable bonds is 7. The van der Waals surface area contributed by atoms with Gasteiger partial charge >= 0.3 is 0 Å². The quantitative estimate of drug-likeness (QED) is 0.431. The minimum absolute atomic E-state index is 0.0617. The van der Waals surface area contributed by atoms with Crippen molar-refractivity contribution in [1.29, 1.82) is 0 Å². The molecule has 2 N–H and O–H groups in total. The molecule has 8 heteroatoms. The number of nitrogens with one attached hydrogen (secondary N) is 2. The van der Waals surface area contributed by atoms with E-state index in [1.54, 1.807) is 17.0 Å². The van der Waals surface area contributed by atoms with Crippen LogP contribution in [-0.2, 0) is 9.59 Å². The van der Waals surface area contributed by atoms with Crippen molar-refractivity contribution in [3.63, 3.8) is 0 Å². The summed E-state index contributed by atoms with van der Waals surface area (Å²) in [5.41, 5.74) is 6.24. The van der Waals surface area contributed by atoms with Gasteiger partial charge in [0.05, 0.1) is 5.75 Å². The number of amides is 3. The van der Waals surface area contributed by atoms with Crippen LogP contribution in [0.15, 0.2) is 24.3 Å². The van der Waals surface area contributed by atoms with Crippen LogP contribution in [0.25, 0.3) is 0 Å². The molecule has 0 bridgehead atoms. The topological polar surface area (TPSA) is 78.5 Å². The van der Waals surface area contributed by atoms with Crippen molar-refractivity contribution in [2.75, 3.05) is 12.3 Å². The van der Waals surface area contributed by atoms with Crippen LogP contribution >= 0.6 is 24.0 Å². The lowest BCUT2D eigenvalue weighted by Crippen LogP contribution is -2.41. The molecule has 0 aromatic heterocycles. The molecule has 1 aliphatic rings. The third kappa shape index (κ3) is 5.82. The molecule has 134 valence electrons. The van der Waals surface area contributed by atoms with E-state index in [0.29, 0.717) is 35.0 Å². The van der Waals surface area contributed by atoms with Crippen LogP contribution in [0.5, 0.6) is 0 Å². The van der Waals surface area contributed by atoms with Crippen LogP contribution in [-0.4, -0.2) is 39.2 Å². The number of carbonyl (C=O) groups excluding carboxylic acids is 3. The zero-order valence-electron chi connectivity index (χ0n) is 14.0. The summed E-state index contributed by atoms with van der Waals surface area (Å²) in [6, 6.07) is 7.18. The third-order valence-corrected chi connectivity index (χ3v) is 5.26. The van der Waals surface area contributed by atoms with Gasteiger partial charge in [-0.2, -0.15) is 0 Å². The summed E-state index contributed by atoms with van der Waals surface area (Å²) in [5.74, 6) is -0.0658. The molecule has 1 aromatic rings. The highest BCUT2D eigenvalue weighted by Gasteiger charge is 2.25.